The van der Waals surface area contributed by atoms with Gasteiger partial charge in [0.05, 0.1) is 11.7 Å². The number of benzene rings is 1. The molecule has 9 heteroatoms. The molecule has 0 aliphatic carbocycles. The molecule has 1 fully saturated rings. The van der Waals surface area contributed by atoms with Crippen molar-refractivity contribution >= 4 is 22.8 Å². The summed E-state index contributed by atoms with van der Waals surface area (Å²) in [5.41, 5.74) is 2.98. The number of aromatic hydroxyl groups is 1. The Balaban J connectivity index is 1.70. The second-order valence-electron chi connectivity index (χ2n) is 7.54. The highest BCUT2D eigenvalue weighted by Crippen LogP contribution is 2.25. The molecule has 1 aliphatic heterocycles. The Kier molecular flexibility index (Phi) is 5.54. The lowest BCUT2D eigenvalue weighted by atomic mass is 10.1. The Bertz CT molecular complexity index is 1070. The van der Waals surface area contributed by atoms with Gasteiger partial charge in [-0.25, -0.2) is 9.97 Å². The minimum atomic E-state index is -0.215. The maximum Gasteiger partial charge on any atom is 0.273 e. The third-order valence-electron chi connectivity index (χ3n) is 5.53. The molecule has 0 spiro atoms. The van der Waals surface area contributed by atoms with E-state index >= 15 is 0 Å². The van der Waals surface area contributed by atoms with Gasteiger partial charge in [0.1, 0.15) is 11.4 Å². The first-order chi connectivity index (χ1) is 14.5. The molecule has 158 valence electrons. The van der Waals surface area contributed by atoms with Crippen molar-refractivity contribution in [1.29, 1.82) is 0 Å². The molecule has 0 saturated carbocycles. The van der Waals surface area contributed by atoms with Gasteiger partial charge in [-0.2, -0.15) is 5.10 Å². The number of piperazine rings is 1. The quantitative estimate of drug-likeness (QED) is 0.659. The van der Waals surface area contributed by atoms with Gasteiger partial charge in [0.25, 0.3) is 5.91 Å². The molecule has 2 aromatic heterocycles. The number of carbonyl (C=O) groups excluding carboxylic acids is 1. The topological polar surface area (TPSA) is 99.4 Å². The van der Waals surface area contributed by atoms with E-state index in [2.05, 4.69) is 25.3 Å². The van der Waals surface area contributed by atoms with E-state index in [0.717, 1.165) is 44.0 Å². The highest BCUT2D eigenvalue weighted by molar-refractivity contribution is 6.05. The predicted octanol–water partition coefficient (Wildman–Crippen LogP) is 1.54. The van der Waals surface area contributed by atoms with Crippen LogP contribution in [-0.4, -0.2) is 68.9 Å². The number of nitrogens with one attached hydrogen (secondary N) is 1. The Morgan fingerprint density at radius 3 is 2.73 bits per heavy atom. The highest BCUT2D eigenvalue weighted by atomic mass is 16.3. The van der Waals surface area contributed by atoms with Crippen molar-refractivity contribution in [2.24, 2.45) is 0 Å². The van der Waals surface area contributed by atoms with Gasteiger partial charge in [-0.15, -0.1) is 0 Å². The van der Waals surface area contributed by atoms with Crippen LogP contribution in [0.1, 0.15) is 28.7 Å². The molecule has 1 aromatic carbocycles. The van der Waals surface area contributed by atoms with Crippen LogP contribution in [-0.2, 0) is 13.1 Å². The molecule has 2 N–H and O–H groups in total. The second-order valence-corrected chi connectivity index (χ2v) is 7.54. The van der Waals surface area contributed by atoms with Crippen LogP contribution < -0.4 is 10.2 Å². The normalized spacial score (nSPS) is 14.3. The predicted molar refractivity (Wildman–Crippen MR) is 115 cm³/mol. The van der Waals surface area contributed by atoms with Gasteiger partial charge in [-0.3, -0.25) is 9.48 Å². The molecule has 0 unspecified atom stereocenters. The molecular weight excluding hydrogens is 382 g/mol. The molecule has 9 nitrogen and oxygen atoms in total. The molecule has 30 heavy (non-hydrogen) atoms. The first-order valence-corrected chi connectivity index (χ1v) is 10.2. The number of phenolic OH excluding ortho intramolecular Hbond substituents is 1. The third-order valence-corrected chi connectivity index (χ3v) is 5.53. The van der Waals surface area contributed by atoms with E-state index in [0.29, 0.717) is 29.1 Å². The average Bonchev–Trinajstić information content (AvgIpc) is 3.12. The van der Waals surface area contributed by atoms with Gasteiger partial charge in [0, 0.05) is 63.0 Å². The SMILES string of the molecule is CCn1ncc(CN(C)C(=O)c2nc(N3CCNCC3)nc3ccc(O)cc23)c1C. The summed E-state index contributed by atoms with van der Waals surface area (Å²) in [6.07, 6.45) is 1.80. The van der Waals surface area contributed by atoms with Crippen molar-refractivity contribution in [2.75, 3.05) is 38.1 Å². The summed E-state index contributed by atoms with van der Waals surface area (Å²) >= 11 is 0. The van der Waals surface area contributed by atoms with Crippen molar-refractivity contribution in [3.63, 3.8) is 0 Å². The number of phenols is 1. The molecule has 3 heterocycles. The fraction of sp³-hybridized carbons (Fsp3) is 0.429. The van der Waals surface area contributed by atoms with E-state index in [1.54, 1.807) is 36.3 Å². The summed E-state index contributed by atoms with van der Waals surface area (Å²) in [6, 6.07) is 4.86. The van der Waals surface area contributed by atoms with E-state index in [4.69, 9.17) is 0 Å². The number of anilines is 1. The zero-order valence-electron chi connectivity index (χ0n) is 17.6. The summed E-state index contributed by atoms with van der Waals surface area (Å²) in [7, 11) is 1.76. The number of hydrogen-bond donors (Lipinski definition) is 2. The van der Waals surface area contributed by atoms with Gasteiger partial charge in [-0.1, -0.05) is 0 Å². The summed E-state index contributed by atoms with van der Waals surface area (Å²) in [6.45, 7) is 8.51. The molecular formula is C21H27N7O2. The van der Waals surface area contributed by atoms with Gasteiger partial charge in [0.15, 0.2) is 0 Å². The van der Waals surface area contributed by atoms with E-state index in [1.807, 2.05) is 18.5 Å². The molecule has 4 rings (SSSR count). The van der Waals surface area contributed by atoms with Crippen LogP contribution in [0.15, 0.2) is 24.4 Å². The molecule has 3 aromatic rings. The molecule has 0 atom stereocenters. The summed E-state index contributed by atoms with van der Waals surface area (Å²) in [5.74, 6) is 0.409. The van der Waals surface area contributed by atoms with Crippen molar-refractivity contribution in [2.45, 2.75) is 26.9 Å². The van der Waals surface area contributed by atoms with Crippen LogP contribution in [0.5, 0.6) is 5.75 Å². The lowest BCUT2D eigenvalue weighted by Gasteiger charge is -2.28. The molecule has 0 radical (unpaired) electrons. The fourth-order valence-corrected chi connectivity index (χ4v) is 3.74. The van der Waals surface area contributed by atoms with Gasteiger partial charge in [0.2, 0.25) is 5.95 Å². The molecule has 1 saturated heterocycles. The standard InChI is InChI=1S/C21H27N7O2/c1-4-28-14(2)15(12-23-28)13-26(3)20(30)19-17-11-16(29)5-6-18(17)24-21(25-19)27-9-7-22-8-10-27/h5-6,11-12,22,29H,4,7-10,13H2,1-3H3. The van der Waals surface area contributed by atoms with Gasteiger partial charge < -0.3 is 20.2 Å². The van der Waals surface area contributed by atoms with Crippen LogP contribution in [0, 0.1) is 6.92 Å². The maximum atomic E-state index is 13.4. The van der Waals surface area contributed by atoms with E-state index < -0.39 is 0 Å². The van der Waals surface area contributed by atoms with Crippen molar-refractivity contribution < 1.29 is 9.90 Å². The lowest BCUT2D eigenvalue weighted by molar-refractivity contribution is 0.0781. The number of carbonyl (C=O) groups is 1. The first kappa shape index (κ1) is 20.1. The largest absolute Gasteiger partial charge is 0.508 e. The summed E-state index contributed by atoms with van der Waals surface area (Å²) in [5, 5.41) is 18.2. The zero-order valence-corrected chi connectivity index (χ0v) is 17.6. The fourth-order valence-electron chi connectivity index (χ4n) is 3.74. The number of rotatable bonds is 5. The number of amides is 1. The second kappa shape index (κ2) is 8.27. The monoisotopic (exact) mass is 409 g/mol. The maximum absolute atomic E-state index is 13.4. The van der Waals surface area contributed by atoms with Gasteiger partial charge >= 0.3 is 0 Å². The average molecular weight is 409 g/mol. The number of fused-ring (bicyclic) bond motifs is 1. The minimum Gasteiger partial charge on any atom is -0.508 e. The van der Waals surface area contributed by atoms with Crippen LogP contribution in [0.2, 0.25) is 0 Å². The number of hydrogen-bond acceptors (Lipinski definition) is 7. The summed E-state index contributed by atoms with van der Waals surface area (Å²) < 4.78 is 1.91. The number of aromatic nitrogens is 4. The van der Waals surface area contributed by atoms with Crippen molar-refractivity contribution in [1.82, 2.24) is 30.0 Å². The smallest absolute Gasteiger partial charge is 0.273 e. The van der Waals surface area contributed by atoms with Crippen LogP contribution in [0.4, 0.5) is 5.95 Å². The number of aryl methyl sites for hydroxylation is 1. The Morgan fingerprint density at radius 1 is 1.27 bits per heavy atom. The minimum absolute atomic E-state index is 0.0813. The Morgan fingerprint density at radius 2 is 2.03 bits per heavy atom. The van der Waals surface area contributed by atoms with E-state index in [9.17, 15) is 9.90 Å². The van der Waals surface area contributed by atoms with E-state index in [1.165, 1.54) is 0 Å². The van der Waals surface area contributed by atoms with Crippen LogP contribution in [0.3, 0.4) is 0 Å². The Labute approximate surface area is 175 Å². The van der Waals surface area contributed by atoms with Gasteiger partial charge in [-0.05, 0) is 32.0 Å². The lowest BCUT2D eigenvalue weighted by Crippen LogP contribution is -2.44. The zero-order chi connectivity index (χ0) is 21.3. The first-order valence-electron chi connectivity index (χ1n) is 10.2. The molecule has 0 bridgehead atoms. The summed E-state index contributed by atoms with van der Waals surface area (Å²) in [4.78, 5) is 26.4. The Hall–Kier alpha value is -3.20. The van der Waals surface area contributed by atoms with E-state index in [-0.39, 0.29) is 11.7 Å². The number of nitrogens with zero attached hydrogens (tertiary/aromatic N) is 6. The molecule has 1 aliphatic rings. The van der Waals surface area contributed by atoms with Crippen LogP contribution >= 0.6 is 0 Å². The third kappa shape index (κ3) is 3.80. The molecule has 1 amide bonds. The highest BCUT2D eigenvalue weighted by Gasteiger charge is 2.23. The van der Waals surface area contributed by atoms with Crippen LogP contribution in [0.25, 0.3) is 10.9 Å². The van der Waals surface area contributed by atoms with Crippen molar-refractivity contribution in [3.8, 4) is 5.75 Å². The van der Waals surface area contributed by atoms with Crippen molar-refractivity contribution in [3.05, 3.63) is 41.3 Å².